The van der Waals surface area contributed by atoms with E-state index in [4.69, 9.17) is 27.9 Å². The summed E-state index contributed by atoms with van der Waals surface area (Å²) < 4.78 is 7.71. The predicted octanol–water partition coefficient (Wildman–Crippen LogP) is 5.17. The van der Waals surface area contributed by atoms with E-state index in [0.29, 0.717) is 22.5 Å². The van der Waals surface area contributed by atoms with Crippen LogP contribution >= 0.6 is 35.0 Å². The van der Waals surface area contributed by atoms with Gasteiger partial charge in [-0.3, -0.25) is 9.36 Å². The summed E-state index contributed by atoms with van der Waals surface area (Å²) in [6.07, 6.45) is 3.16. The lowest BCUT2D eigenvalue weighted by Gasteiger charge is -2.13. The van der Waals surface area contributed by atoms with Gasteiger partial charge in [-0.25, -0.2) is 4.98 Å². The van der Waals surface area contributed by atoms with E-state index in [1.807, 2.05) is 35.8 Å². The van der Waals surface area contributed by atoms with E-state index in [1.54, 1.807) is 13.0 Å². The zero-order valence-corrected chi connectivity index (χ0v) is 19.3. The maximum atomic E-state index is 12.6. The van der Waals surface area contributed by atoms with Crippen LogP contribution in [0, 0.1) is 6.92 Å². The monoisotopic (exact) mass is 477 g/mol. The molecule has 0 saturated carbocycles. The zero-order chi connectivity index (χ0) is 22.4. The molecule has 2 aromatic heterocycles. The second-order valence-electron chi connectivity index (χ2n) is 6.64. The molecule has 0 saturated heterocycles. The van der Waals surface area contributed by atoms with Gasteiger partial charge in [-0.1, -0.05) is 53.2 Å². The molecule has 0 aliphatic carbocycles. The van der Waals surface area contributed by atoms with Crippen LogP contribution in [0.1, 0.15) is 18.3 Å². The number of pyridine rings is 1. The van der Waals surface area contributed by atoms with Crippen LogP contribution < -0.4 is 10.1 Å². The molecule has 1 N–H and O–H groups in total. The molecule has 0 aliphatic rings. The summed E-state index contributed by atoms with van der Waals surface area (Å²) >= 11 is 13.2. The number of carbonyl (C=O) groups excluding carboxylic acids is 1. The van der Waals surface area contributed by atoms with Crippen LogP contribution in [0.2, 0.25) is 10.0 Å². The lowest BCUT2D eigenvalue weighted by molar-refractivity contribution is -0.115. The number of hydrogen-bond donors (Lipinski definition) is 1. The number of nitrogens with one attached hydrogen (secondary N) is 1. The molecule has 1 aromatic carbocycles. The molecule has 0 bridgehead atoms. The van der Waals surface area contributed by atoms with Crippen molar-refractivity contribution in [2.45, 2.75) is 37.4 Å². The maximum Gasteiger partial charge on any atom is 0.238 e. The summed E-state index contributed by atoms with van der Waals surface area (Å²) in [7, 11) is 0. The van der Waals surface area contributed by atoms with E-state index in [9.17, 15) is 4.79 Å². The minimum absolute atomic E-state index is 0.246. The Balaban J connectivity index is 1.68. The van der Waals surface area contributed by atoms with Crippen molar-refractivity contribution in [1.82, 2.24) is 19.7 Å². The van der Waals surface area contributed by atoms with Gasteiger partial charge in [0.05, 0.1) is 15.3 Å². The number of halogens is 2. The fraction of sp³-hybridized carbons (Fsp3) is 0.238. The van der Waals surface area contributed by atoms with Crippen molar-refractivity contribution >= 4 is 46.7 Å². The molecule has 0 fully saturated rings. The quantitative estimate of drug-likeness (QED) is 0.338. The minimum Gasteiger partial charge on any atom is -0.486 e. The number of aromatic nitrogens is 4. The van der Waals surface area contributed by atoms with Gasteiger partial charge >= 0.3 is 0 Å². The Morgan fingerprint density at radius 3 is 2.87 bits per heavy atom. The Morgan fingerprint density at radius 2 is 2.16 bits per heavy atom. The first kappa shape index (κ1) is 23.1. The predicted molar refractivity (Wildman–Crippen MR) is 124 cm³/mol. The lowest BCUT2D eigenvalue weighted by Crippen LogP contribution is -2.23. The highest BCUT2D eigenvalue weighted by Gasteiger charge is 2.21. The second kappa shape index (κ2) is 10.7. The van der Waals surface area contributed by atoms with Crippen molar-refractivity contribution in [3.8, 4) is 5.75 Å². The van der Waals surface area contributed by atoms with Crippen LogP contribution in [-0.4, -0.2) is 30.9 Å². The first-order valence-electron chi connectivity index (χ1n) is 9.38. The molecule has 1 amide bonds. The van der Waals surface area contributed by atoms with Gasteiger partial charge in [0, 0.05) is 12.7 Å². The Morgan fingerprint density at radius 1 is 1.35 bits per heavy atom. The molecular formula is C21H21Cl2N5O2S. The number of hydrogen-bond acceptors (Lipinski definition) is 6. The lowest BCUT2D eigenvalue weighted by atomic mass is 10.2. The number of carbonyl (C=O) groups is 1. The summed E-state index contributed by atoms with van der Waals surface area (Å²) in [5, 5.41) is 11.9. The standard InChI is InChI=1S/C21H21Cl2N5O2S/c1-4-8-28-18(12-30-16-7-5-6-13(2)9-16)26-27-21(28)31-14(3)20(29)25-19-17(23)10-15(22)11-24-19/h4-7,9-11,14H,1,8,12H2,2-3H3,(H,24,25,29). The smallest absolute Gasteiger partial charge is 0.238 e. The number of allylic oxidation sites excluding steroid dienone is 1. The molecule has 1 atom stereocenters. The number of nitrogens with zero attached hydrogens (tertiary/aromatic N) is 4. The van der Waals surface area contributed by atoms with Crippen molar-refractivity contribution in [3.63, 3.8) is 0 Å². The molecule has 162 valence electrons. The van der Waals surface area contributed by atoms with Crippen LogP contribution in [-0.2, 0) is 17.9 Å². The van der Waals surface area contributed by atoms with Crippen molar-refractivity contribution < 1.29 is 9.53 Å². The summed E-state index contributed by atoms with van der Waals surface area (Å²) in [6, 6.07) is 9.29. The third-order valence-corrected chi connectivity index (χ3v) is 5.74. The molecule has 31 heavy (non-hydrogen) atoms. The molecule has 0 radical (unpaired) electrons. The third-order valence-electron chi connectivity index (χ3n) is 4.16. The van der Waals surface area contributed by atoms with E-state index in [2.05, 4.69) is 27.1 Å². The number of aryl methyl sites for hydroxylation is 1. The van der Waals surface area contributed by atoms with Crippen LogP contribution in [0.25, 0.3) is 0 Å². The van der Waals surface area contributed by atoms with E-state index >= 15 is 0 Å². The third kappa shape index (κ3) is 6.22. The number of thioether (sulfide) groups is 1. The molecule has 3 rings (SSSR count). The Hall–Kier alpha value is -2.55. The molecule has 3 aromatic rings. The normalized spacial score (nSPS) is 11.7. The highest BCUT2D eigenvalue weighted by atomic mass is 35.5. The fourth-order valence-electron chi connectivity index (χ4n) is 2.61. The van der Waals surface area contributed by atoms with Crippen molar-refractivity contribution in [3.05, 3.63) is 70.6 Å². The second-order valence-corrected chi connectivity index (χ2v) is 8.79. The van der Waals surface area contributed by atoms with Gasteiger partial charge in [0.2, 0.25) is 5.91 Å². The highest BCUT2D eigenvalue weighted by Crippen LogP contribution is 2.26. The van der Waals surface area contributed by atoms with Crippen LogP contribution in [0.5, 0.6) is 5.75 Å². The summed E-state index contributed by atoms with van der Waals surface area (Å²) in [4.78, 5) is 16.7. The van der Waals surface area contributed by atoms with Gasteiger partial charge in [-0.2, -0.15) is 0 Å². The number of benzene rings is 1. The molecule has 1 unspecified atom stereocenters. The number of anilines is 1. The van der Waals surface area contributed by atoms with Gasteiger partial charge in [0.1, 0.15) is 12.4 Å². The van der Waals surface area contributed by atoms with Crippen LogP contribution in [0.4, 0.5) is 5.82 Å². The minimum atomic E-state index is -0.480. The topological polar surface area (TPSA) is 81.9 Å². The van der Waals surface area contributed by atoms with Gasteiger partial charge in [-0.15, -0.1) is 16.8 Å². The van der Waals surface area contributed by atoms with Crippen LogP contribution in [0.3, 0.4) is 0 Å². The van der Waals surface area contributed by atoms with Crippen LogP contribution in [0.15, 0.2) is 54.3 Å². The number of rotatable bonds is 9. The molecular weight excluding hydrogens is 457 g/mol. The molecule has 10 heteroatoms. The van der Waals surface area contributed by atoms with Gasteiger partial charge in [0.25, 0.3) is 0 Å². The Labute approximate surface area is 194 Å². The number of ether oxygens (including phenoxy) is 1. The van der Waals surface area contributed by atoms with Crippen molar-refractivity contribution in [2.24, 2.45) is 0 Å². The van der Waals surface area contributed by atoms with E-state index in [-0.39, 0.29) is 23.4 Å². The van der Waals surface area contributed by atoms with Gasteiger partial charge in [0.15, 0.2) is 16.8 Å². The fourth-order valence-corrected chi connectivity index (χ4v) is 3.92. The van der Waals surface area contributed by atoms with E-state index < -0.39 is 5.25 Å². The van der Waals surface area contributed by atoms with Crippen molar-refractivity contribution in [2.75, 3.05) is 5.32 Å². The Bertz CT molecular complexity index is 1090. The van der Waals surface area contributed by atoms with E-state index in [1.165, 1.54) is 24.0 Å². The summed E-state index contributed by atoms with van der Waals surface area (Å²) in [6.45, 7) is 8.29. The molecule has 0 aliphatic heterocycles. The average molecular weight is 478 g/mol. The zero-order valence-electron chi connectivity index (χ0n) is 17.0. The van der Waals surface area contributed by atoms with Gasteiger partial charge < -0.3 is 10.1 Å². The largest absolute Gasteiger partial charge is 0.486 e. The molecule has 7 nitrogen and oxygen atoms in total. The molecule has 2 heterocycles. The summed E-state index contributed by atoms with van der Waals surface area (Å²) in [5.74, 6) is 1.37. The summed E-state index contributed by atoms with van der Waals surface area (Å²) in [5.41, 5.74) is 1.11. The van der Waals surface area contributed by atoms with Crippen molar-refractivity contribution in [1.29, 1.82) is 0 Å². The van der Waals surface area contributed by atoms with Gasteiger partial charge in [-0.05, 0) is 37.6 Å². The van der Waals surface area contributed by atoms with E-state index in [0.717, 1.165) is 11.3 Å². The first-order valence-corrected chi connectivity index (χ1v) is 11.0. The maximum absolute atomic E-state index is 12.6. The first-order chi connectivity index (χ1) is 14.9. The highest BCUT2D eigenvalue weighted by molar-refractivity contribution is 8.00. The SMILES string of the molecule is C=CCn1c(COc2cccc(C)c2)nnc1SC(C)C(=O)Nc1ncc(Cl)cc1Cl. The number of amides is 1. The average Bonchev–Trinajstić information content (AvgIpc) is 3.10. The Kier molecular flexibility index (Phi) is 7.95. The molecule has 0 spiro atoms.